The summed E-state index contributed by atoms with van der Waals surface area (Å²) >= 11 is 0. The lowest BCUT2D eigenvalue weighted by Crippen LogP contribution is -2.17. The highest BCUT2D eigenvalue weighted by Gasteiger charge is 2.24. The molecule has 0 aliphatic carbocycles. The van der Waals surface area contributed by atoms with Crippen LogP contribution < -0.4 is 5.32 Å². The van der Waals surface area contributed by atoms with Gasteiger partial charge in [-0.1, -0.05) is 94.3 Å². The maximum atomic E-state index is 12.8. The molecule has 8 heteroatoms. The minimum atomic E-state index is -3.33. The Morgan fingerprint density at radius 3 is 2.32 bits per heavy atom. The number of benzene rings is 4. The summed E-state index contributed by atoms with van der Waals surface area (Å²) in [5, 5.41) is 13.6. The number of carboxylic acid groups (broad SMARTS) is 1. The molecule has 2 N–H and O–H groups in total. The molecule has 5 aromatic rings. The van der Waals surface area contributed by atoms with Gasteiger partial charge in [0.2, 0.25) is 0 Å². The van der Waals surface area contributed by atoms with E-state index in [-0.39, 0.29) is 11.2 Å². The summed E-state index contributed by atoms with van der Waals surface area (Å²) < 4.78 is 27.8. The third-order valence-electron chi connectivity index (χ3n) is 8.57. The average molecular weight is 652 g/mol. The third kappa shape index (κ3) is 7.93. The number of unbranched alkanes of at least 4 members (excludes halogenated alkanes) is 1. The zero-order valence-corrected chi connectivity index (χ0v) is 28.8. The molecule has 0 unspecified atom stereocenters. The average Bonchev–Trinajstić information content (AvgIpc) is 3.38. The number of anilines is 1. The Morgan fingerprint density at radius 2 is 1.66 bits per heavy atom. The molecule has 4 aromatic carbocycles. The van der Waals surface area contributed by atoms with Gasteiger partial charge in [0.25, 0.3) is 0 Å². The summed E-state index contributed by atoms with van der Waals surface area (Å²) in [6.45, 7) is 11.4. The second-order valence-corrected chi connectivity index (χ2v) is 15.4. The van der Waals surface area contributed by atoms with Gasteiger partial charge in [0, 0.05) is 25.2 Å². The van der Waals surface area contributed by atoms with Crippen molar-refractivity contribution in [3.63, 3.8) is 0 Å². The second kappa shape index (κ2) is 14.1. The zero-order chi connectivity index (χ0) is 33.8. The van der Waals surface area contributed by atoms with Crippen molar-refractivity contribution >= 4 is 32.5 Å². The van der Waals surface area contributed by atoms with Crippen LogP contribution in [0.1, 0.15) is 79.8 Å². The van der Waals surface area contributed by atoms with E-state index < -0.39 is 15.8 Å². The molecule has 0 radical (unpaired) electrons. The van der Waals surface area contributed by atoms with Gasteiger partial charge in [-0.05, 0) is 77.8 Å². The lowest BCUT2D eigenvalue weighted by Gasteiger charge is -2.23. The van der Waals surface area contributed by atoms with Crippen LogP contribution in [0.15, 0.2) is 89.8 Å². The third-order valence-corrected chi connectivity index (χ3v) is 10.4. The Morgan fingerprint density at radius 1 is 0.936 bits per heavy atom. The lowest BCUT2D eigenvalue weighted by atomic mass is 9.81. The van der Waals surface area contributed by atoms with Crippen molar-refractivity contribution in [3.05, 3.63) is 113 Å². The first kappa shape index (κ1) is 33.9. The number of imidazole rings is 1. The number of aromatic carboxylic acids is 1. The molecular formula is C39H45N3O4S. The molecule has 47 heavy (non-hydrogen) atoms. The van der Waals surface area contributed by atoms with Crippen LogP contribution in [0.5, 0.6) is 0 Å². The van der Waals surface area contributed by atoms with Crippen LogP contribution in [-0.2, 0) is 28.2 Å². The van der Waals surface area contributed by atoms with Crippen molar-refractivity contribution in [1.29, 1.82) is 0 Å². The summed E-state index contributed by atoms with van der Waals surface area (Å²) in [6.07, 6.45) is 3.45. The van der Waals surface area contributed by atoms with Gasteiger partial charge in [0.15, 0.2) is 9.84 Å². The molecule has 0 bridgehead atoms. The van der Waals surface area contributed by atoms with Crippen molar-refractivity contribution in [1.82, 2.24) is 9.55 Å². The normalized spacial score (nSPS) is 12.0. The number of nitrogens with one attached hydrogen (secondary N) is 1. The highest BCUT2D eigenvalue weighted by atomic mass is 32.2. The molecule has 1 aromatic heterocycles. The molecule has 0 atom stereocenters. The topological polar surface area (TPSA) is 101 Å². The summed E-state index contributed by atoms with van der Waals surface area (Å²) in [5.74, 6) is 0.185. The van der Waals surface area contributed by atoms with E-state index in [2.05, 4.69) is 35.0 Å². The molecule has 0 fully saturated rings. The van der Waals surface area contributed by atoms with Gasteiger partial charge in [-0.25, -0.2) is 18.2 Å². The maximum Gasteiger partial charge on any atom is 0.336 e. The van der Waals surface area contributed by atoms with Gasteiger partial charge >= 0.3 is 5.97 Å². The first-order valence-corrected chi connectivity index (χ1v) is 18.0. The predicted molar refractivity (Wildman–Crippen MR) is 191 cm³/mol. The predicted octanol–water partition coefficient (Wildman–Crippen LogP) is 8.67. The number of carboxylic acids is 1. The standard InChI is InChI=1S/C39H45N3O4S/c1-6-7-12-36-41-34-22-19-30(40-23-9-24-47(45,46)31-20-13-27(2)14-21-31)25-35(34)42(36)26-28-15-17-29(18-16-28)32-10-8-11-33(39(3,4)5)37(32)38(43)44/h8,10-11,13-22,25,40H,6-7,9,12,23-24,26H2,1-5H3,(H,43,44). The van der Waals surface area contributed by atoms with Crippen LogP contribution >= 0.6 is 0 Å². The SMILES string of the molecule is CCCCc1nc2ccc(NCCCS(=O)(=O)c3ccc(C)cc3)cc2n1Cc1ccc(-c2cccc(C(C)(C)C)c2C(=O)O)cc1. The molecule has 0 saturated heterocycles. The number of hydrogen-bond acceptors (Lipinski definition) is 5. The van der Waals surface area contributed by atoms with Crippen molar-refractivity contribution < 1.29 is 18.3 Å². The molecule has 0 aliphatic heterocycles. The Balaban J connectivity index is 1.36. The number of rotatable bonds is 13. The van der Waals surface area contributed by atoms with Crippen LogP contribution in [-0.4, -0.2) is 41.3 Å². The van der Waals surface area contributed by atoms with E-state index in [4.69, 9.17) is 4.98 Å². The van der Waals surface area contributed by atoms with Gasteiger partial charge in [0.1, 0.15) is 5.82 Å². The largest absolute Gasteiger partial charge is 0.478 e. The molecule has 0 spiro atoms. The maximum absolute atomic E-state index is 12.8. The molecule has 246 valence electrons. The summed E-state index contributed by atoms with van der Waals surface area (Å²) in [7, 11) is -3.33. The monoisotopic (exact) mass is 651 g/mol. The summed E-state index contributed by atoms with van der Waals surface area (Å²) in [5.41, 5.74) is 7.44. The molecule has 5 rings (SSSR count). The smallest absolute Gasteiger partial charge is 0.336 e. The zero-order valence-electron chi connectivity index (χ0n) is 28.0. The minimum absolute atomic E-state index is 0.0782. The number of aromatic nitrogens is 2. The van der Waals surface area contributed by atoms with E-state index in [1.165, 1.54) is 0 Å². The molecule has 0 aliphatic rings. The Labute approximate surface area is 278 Å². The van der Waals surface area contributed by atoms with Gasteiger partial charge in [0.05, 0.1) is 27.2 Å². The van der Waals surface area contributed by atoms with Crippen molar-refractivity contribution in [3.8, 4) is 11.1 Å². The van der Waals surface area contributed by atoms with E-state index in [9.17, 15) is 18.3 Å². The molecular weight excluding hydrogens is 607 g/mol. The lowest BCUT2D eigenvalue weighted by molar-refractivity contribution is 0.0695. The van der Waals surface area contributed by atoms with Crippen LogP contribution in [0, 0.1) is 6.92 Å². The highest BCUT2D eigenvalue weighted by molar-refractivity contribution is 7.91. The van der Waals surface area contributed by atoms with Gasteiger partial charge < -0.3 is 15.0 Å². The van der Waals surface area contributed by atoms with E-state index in [0.29, 0.717) is 30.0 Å². The Hall–Kier alpha value is -4.43. The van der Waals surface area contributed by atoms with Crippen LogP contribution in [0.4, 0.5) is 5.69 Å². The van der Waals surface area contributed by atoms with Crippen molar-refractivity contribution in [2.24, 2.45) is 0 Å². The van der Waals surface area contributed by atoms with E-state index in [1.54, 1.807) is 12.1 Å². The van der Waals surface area contributed by atoms with Gasteiger partial charge in [-0.3, -0.25) is 0 Å². The van der Waals surface area contributed by atoms with Crippen LogP contribution in [0.2, 0.25) is 0 Å². The first-order chi connectivity index (χ1) is 22.4. The summed E-state index contributed by atoms with van der Waals surface area (Å²) in [6, 6.07) is 27.0. The molecule has 1 heterocycles. The van der Waals surface area contributed by atoms with E-state index >= 15 is 0 Å². The number of sulfone groups is 1. The van der Waals surface area contributed by atoms with Crippen LogP contribution in [0.25, 0.3) is 22.2 Å². The minimum Gasteiger partial charge on any atom is -0.478 e. The highest BCUT2D eigenvalue weighted by Crippen LogP contribution is 2.34. The Kier molecular flexibility index (Phi) is 10.2. The number of carbonyl (C=O) groups is 1. The molecule has 0 amide bonds. The van der Waals surface area contributed by atoms with E-state index in [0.717, 1.165) is 69.6 Å². The number of aryl methyl sites for hydroxylation is 2. The molecule has 0 saturated carbocycles. The van der Waals surface area contributed by atoms with Crippen LogP contribution in [0.3, 0.4) is 0 Å². The number of nitrogens with zero attached hydrogens (tertiary/aromatic N) is 2. The number of fused-ring (bicyclic) bond motifs is 1. The van der Waals surface area contributed by atoms with Crippen molar-refractivity contribution in [2.45, 2.75) is 77.2 Å². The summed E-state index contributed by atoms with van der Waals surface area (Å²) in [4.78, 5) is 17.7. The quantitative estimate of drug-likeness (QED) is 0.124. The van der Waals surface area contributed by atoms with E-state index in [1.807, 2.05) is 82.3 Å². The Bertz CT molecular complexity index is 1970. The fourth-order valence-corrected chi connectivity index (χ4v) is 7.27. The first-order valence-electron chi connectivity index (χ1n) is 16.4. The van der Waals surface area contributed by atoms with Gasteiger partial charge in [-0.15, -0.1) is 0 Å². The fraction of sp³-hybridized carbons (Fsp3) is 0.333. The van der Waals surface area contributed by atoms with Gasteiger partial charge in [-0.2, -0.15) is 0 Å². The fourth-order valence-electron chi connectivity index (χ4n) is 5.96. The van der Waals surface area contributed by atoms with Crippen molar-refractivity contribution in [2.75, 3.05) is 17.6 Å². The second-order valence-electron chi connectivity index (χ2n) is 13.3. The molecule has 7 nitrogen and oxygen atoms in total. The number of hydrogen-bond donors (Lipinski definition) is 2.